The molecular formula is C18H21ClFN3O. The number of halogens is 2. The summed E-state index contributed by atoms with van der Waals surface area (Å²) in [4.78, 5) is 14.3. The number of nitrogens with one attached hydrogen (secondary N) is 2. The van der Waals surface area contributed by atoms with Crippen LogP contribution in [-0.2, 0) is 0 Å². The lowest BCUT2D eigenvalue weighted by molar-refractivity contribution is 0.102. The average molecular weight is 350 g/mol. The number of hydrogen-bond donors (Lipinski definition) is 2. The first-order valence-electron chi connectivity index (χ1n) is 7.71. The second-order valence-electron chi connectivity index (χ2n) is 5.71. The maximum Gasteiger partial charge on any atom is 0.260 e. The van der Waals surface area contributed by atoms with Crippen LogP contribution in [0, 0.1) is 5.82 Å². The van der Waals surface area contributed by atoms with E-state index in [4.69, 9.17) is 11.6 Å². The zero-order valence-electron chi connectivity index (χ0n) is 13.8. The summed E-state index contributed by atoms with van der Waals surface area (Å²) < 4.78 is 13.7. The van der Waals surface area contributed by atoms with E-state index in [2.05, 4.69) is 15.5 Å². The van der Waals surface area contributed by atoms with Crippen molar-refractivity contribution in [1.82, 2.24) is 4.90 Å². The third-order valence-electron chi connectivity index (χ3n) is 3.44. The molecule has 0 aliphatic carbocycles. The summed E-state index contributed by atoms with van der Waals surface area (Å²) in [6, 6.07) is 11.4. The van der Waals surface area contributed by atoms with Crippen molar-refractivity contribution in [3.05, 3.63) is 58.9 Å². The molecule has 0 radical (unpaired) electrons. The van der Waals surface area contributed by atoms with Crippen LogP contribution in [-0.4, -0.2) is 38.0 Å². The highest BCUT2D eigenvalue weighted by atomic mass is 35.5. The highest BCUT2D eigenvalue weighted by molar-refractivity contribution is 6.34. The van der Waals surface area contributed by atoms with Gasteiger partial charge in [-0.2, -0.15) is 0 Å². The maximum atomic E-state index is 13.7. The van der Waals surface area contributed by atoms with Crippen LogP contribution in [0.1, 0.15) is 16.8 Å². The highest BCUT2D eigenvalue weighted by Crippen LogP contribution is 2.21. The van der Waals surface area contributed by atoms with E-state index in [9.17, 15) is 9.18 Å². The van der Waals surface area contributed by atoms with Crippen molar-refractivity contribution in [2.24, 2.45) is 0 Å². The van der Waals surface area contributed by atoms with E-state index >= 15 is 0 Å². The summed E-state index contributed by atoms with van der Waals surface area (Å²) in [7, 11) is 4.08. The van der Waals surface area contributed by atoms with E-state index in [0.717, 1.165) is 25.2 Å². The number of nitrogens with zero attached hydrogens (tertiary/aromatic N) is 1. The molecule has 0 aromatic heterocycles. The molecule has 128 valence electrons. The SMILES string of the molecule is CN(C)CCCNc1ccc(NC(=O)c2c(F)cccc2Cl)cc1. The summed E-state index contributed by atoms with van der Waals surface area (Å²) in [5.74, 6) is -1.20. The van der Waals surface area contributed by atoms with Crippen molar-refractivity contribution in [3.8, 4) is 0 Å². The Balaban J connectivity index is 1.93. The lowest BCUT2D eigenvalue weighted by atomic mass is 10.2. The van der Waals surface area contributed by atoms with Crippen molar-refractivity contribution in [1.29, 1.82) is 0 Å². The lowest BCUT2D eigenvalue weighted by Crippen LogP contribution is -2.16. The smallest absolute Gasteiger partial charge is 0.260 e. The van der Waals surface area contributed by atoms with Crippen LogP contribution in [0.15, 0.2) is 42.5 Å². The van der Waals surface area contributed by atoms with Crippen molar-refractivity contribution in [2.45, 2.75) is 6.42 Å². The van der Waals surface area contributed by atoms with Gasteiger partial charge in [-0.05, 0) is 63.5 Å². The molecule has 0 spiro atoms. The van der Waals surface area contributed by atoms with Crippen LogP contribution >= 0.6 is 11.6 Å². The first-order chi connectivity index (χ1) is 11.5. The van der Waals surface area contributed by atoms with Crippen LogP contribution in [0.4, 0.5) is 15.8 Å². The van der Waals surface area contributed by atoms with Gasteiger partial charge in [-0.15, -0.1) is 0 Å². The number of amides is 1. The Kier molecular flexibility index (Phi) is 6.58. The van der Waals surface area contributed by atoms with Crippen LogP contribution in [0.25, 0.3) is 0 Å². The van der Waals surface area contributed by atoms with Gasteiger partial charge in [0.2, 0.25) is 0 Å². The molecule has 0 bridgehead atoms. The van der Waals surface area contributed by atoms with Crippen molar-refractivity contribution in [2.75, 3.05) is 37.8 Å². The van der Waals surface area contributed by atoms with Gasteiger partial charge in [0.1, 0.15) is 5.82 Å². The molecular weight excluding hydrogens is 329 g/mol. The third-order valence-corrected chi connectivity index (χ3v) is 3.76. The van der Waals surface area contributed by atoms with Crippen LogP contribution < -0.4 is 10.6 Å². The van der Waals surface area contributed by atoms with Gasteiger partial charge in [0.05, 0.1) is 10.6 Å². The molecule has 24 heavy (non-hydrogen) atoms. The van der Waals surface area contributed by atoms with Crippen LogP contribution in [0.3, 0.4) is 0 Å². The molecule has 0 atom stereocenters. The lowest BCUT2D eigenvalue weighted by Gasteiger charge is -2.11. The largest absolute Gasteiger partial charge is 0.385 e. The molecule has 2 N–H and O–H groups in total. The second-order valence-corrected chi connectivity index (χ2v) is 6.12. The van der Waals surface area contributed by atoms with Crippen LogP contribution in [0.2, 0.25) is 5.02 Å². The molecule has 0 saturated carbocycles. The molecule has 0 unspecified atom stereocenters. The first-order valence-corrected chi connectivity index (χ1v) is 8.09. The Morgan fingerprint density at radius 3 is 2.42 bits per heavy atom. The summed E-state index contributed by atoms with van der Waals surface area (Å²) in [5, 5.41) is 6.05. The van der Waals surface area contributed by atoms with Crippen molar-refractivity contribution in [3.63, 3.8) is 0 Å². The predicted octanol–water partition coefficient (Wildman–Crippen LogP) is 4.10. The molecule has 2 rings (SSSR count). The minimum Gasteiger partial charge on any atom is -0.385 e. The molecule has 2 aromatic carbocycles. The Bertz CT molecular complexity index is 669. The number of anilines is 2. The topological polar surface area (TPSA) is 44.4 Å². The monoisotopic (exact) mass is 349 g/mol. The summed E-state index contributed by atoms with van der Waals surface area (Å²) in [5.41, 5.74) is 1.40. The quantitative estimate of drug-likeness (QED) is 0.740. The molecule has 4 nitrogen and oxygen atoms in total. The Labute approximate surface area is 146 Å². The summed E-state index contributed by atoms with van der Waals surface area (Å²) in [6.07, 6.45) is 1.04. The zero-order valence-corrected chi connectivity index (χ0v) is 14.5. The first kappa shape index (κ1) is 18.2. The van der Waals surface area contributed by atoms with Gasteiger partial charge in [-0.1, -0.05) is 17.7 Å². The third kappa shape index (κ3) is 5.22. The van der Waals surface area contributed by atoms with E-state index in [1.165, 1.54) is 18.2 Å². The summed E-state index contributed by atoms with van der Waals surface area (Å²) >= 11 is 5.89. The van der Waals surface area contributed by atoms with E-state index in [1.54, 1.807) is 12.1 Å². The van der Waals surface area contributed by atoms with Gasteiger partial charge >= 0.3 is 0 Å². The molecule has 6 heteroatoms. The number of carbonyl (C=O) groups is 1. The Morgan fingerprint density at radius 2 is 1.79 bits per heavy atom. The van der Waals surface area contributed by atoms with Crippen LogP contribution in [0.5, 0.6) is 0 Å². The molecule has 0 fully saturated rings. The van der Waals surface area contributed by atoms with Gasteiger partial charge in [0.25, 0.3) is 5.91 Å². The Morgan fingerprint density at radius 1 is 1.12 bits per heavy atom. The standard InChI is InChI=1S/C18H21ClFN3O/c1-23(2)12-4-11-21-13-7-9-14(10-8-13)22-18(24)17-15(19)5-3-6-16(17)20/h3,5-10,21H,4,11-12H2,1-2H3,(H,22,24). The van der Waals surface area contributed by atoms with E-state index in [0.29, 0.717) is 5.69 Å². The zero-order chi connectivity index (χ0) is 17.5. The van der Waals surface area contributed by atoms with Crippen molar-refractivity contribution >= 4 is 28.9 Å². The fourth-order valence-electron chi connectivity index (χ4n) is 2.21. The second kappa shape index (κ2) is 8.66. The fraction of sp³-hybridized carbons (Fsp3) is 0.278. The number of hydrogen-bond acceptors (Lipinski definition) is 3. The van der Waals surface area contributed by atoms with Gasteiger partial charge in [-0.3, -0.25) is 4.79 Å². The molecule has 0 aliphatic heterocycles. The number of carbonyl (C=O) groups excluding carboxylic acids is 1. The minimum atomic E-state index is -0.640. The molecule has 2 aromatic rings. The Hall–Kier alpha value is -2.11. The summed E-state index contributed by atoms with van der Waals surface area (Å²) in [6.45, 7) is 1.89. The minimum absolute atomic E-state index is 0.0895. The number of rotatable bonds is 7. The molecule has 1 amide bonds. The van der Waals surface area contributed by atoms with Crippen molar-refractivity contribution < 1.29 is 9.18 Å². The molecule has 0 aliphatic rings. The number of benzene rings is 2. The van der Waals surface area contributed by atoms with Gasteiger partial charge in [0, 0.05) is 17.9 Å². The fourth-order valence-corrected chi connectivity index (χ4v) is 2.46. The van der Waals surface area contributed by atoms with E-state index in [-0.39, 0.29) is 10.6 Å². The molecule has 0 heterocycles. The molecule has 0 saturated heterocycles. The predicted molar refractivity (Wildman–Crippen MR) is 97.5 cm³/mol. The average Bonchev–Trinajstić information content (AvgIpc) is 2.53. The van der Waals surface area contributed by atoms with E-state index in [1.807, 2.05) is 26.2 Å². The van der Waals surface area contributed by atoms with E-state index < -0.39 is 11.7 Å². The highest BCUT2D eigenvalue weighted by Gasteiger charge is 2.15. The van der Waals surface area contributed by atoms with Gasteiger partial charge in [0.15, 0.2) is 0 Å². The maximum absolute atomic E-state index is 13.7. The van der Waals surface area contributed by atoms with Gasteiger partial charge in [-0.25, -0.2) is 4.39 Å². The normalized spacial score (nSPS) is 10.7. The van der Waals surface area contributed by atoms with Gasteiger partial charge < -0.3 is 15.5 Å².